The molecule has 20 heavy (non-hydrogen) atoms. The highest BCUT2D eigenvalue weighted by Crippen LogP contribution is 2.66. The number of hydrogen-bond acceptors (Lipinski definition) is 7. The molecule has 122 valence electrons. The molecule has 0 spiro atoms. The van der Waals surface area contributed by atoms with Crippen molar-refractivity contribution >= 4 is 23.5 Å². The molecular formula is C6H18NO10P3. The van der Waals surface area contributed by atoms with Crippen molar-refractivity contribution in [3.63, 3.8) is 0 Å². The summed E-state index contributed by atoms with van der Waals surface area (Å²) in [6.45, 7) is 0.282. The molecule has 0 aromatic heterocycles. The number of rotatable bonds is 11. The van der Waals surface area contributed by atoms with Gasteiger partial charge in [0.1, 0.15) is 0 Å². The first-order chi connectivity index (χ1) is 8.97. The van der Waals surface area contributed by atoms with Gasteiger partial charge in [0.15, 0.2) is 0 Å². The molecule has 0 saturated heterocycles. The number of phosphoric ester groups is 1. The van der Waals surface area contributed by atoms with Crippen LogP contribution in [0.2, 0.25) is 0 Å². The van der Waals surface area contributed by atoms with Crippen LogP contribution in [0.5, 0.6) is 0 Å². The average molecular weight is 357 g/mol. The molecule has 0 aliphatic rings. The molecule has 2 unspecified atom stereocenters. The number of hydrogen-bond donors (Lipinski definition) is 5. The minimum atomic E-state index is -5.42. The van der Waals surface area contributed by atoms with E-state index in [1.165, 1.54) is 0 Å². The molecule has 2 atom stereocenters. The van der Waals surface area contributed by atoms with Gasteiger partial charge in [-0.15, -0.1) is 0 Å². The Morgan fingerprint density at radius 3 is 1.85 bits per heavy atom. The second kappa shape index (κ2) is 8.73. The highest BCUT2D eigenvalue weighted by molar-refractivity contribution is 7.66. The molecule has 0 heterocycles. The lowest BCUT2D eigenvalue weighted by molar-refractivity contribution is 0.170. The zero-order valence-electron chi connectivity index (χ0n) is 10.4. The third kappa shape index (κ3) is 12.1. The standard InChI is InChI=1S/C6H18NO10P3/c7-5-3-1-2-4-6-15-19(11,12)17-20(13,14)16-18(8,9)10/h1-7H2,(H,11,12)(H,13,14)(H2,8,9,10). The Balaban J connectivity index is 4.15. The van der Waals surface area contributed by atoms with Crippen LogP contribution in [0.3, 0.4) is 0 Å². The van der Waals surface area contributed by atoms with Crippen LogP contribution in [0.15, 0.2) is 0 Å². The first-order valence-electron chi connectivity index (χ1n) is 5.46. The van der Waals surface area contributed by atoms with E-state index >= 15 is 0 Å². The zero-order valence-corrected chi connectivity index (χ0v) is 13.1. The Morgan fingerprint density at radius 2 is 1.35 bits per heavy atom. The van der Waals surface area contributed by atoms with Gasteiger partial charge in [0.05, 0.1) is 6.61 Å². The fourth-order valence-corrected chi connectivity index (χ4v) is 4.14. The van der Waals surface area contributed by atoms with Gasteiger partial charge in [-0.1, -0.05) is 12.8 Å². The van der Waals surface area contributed by atoms with Crippen molar-refractivity contribution in [2.75, 3.05) is 13.2 Å². The van der Waals surface area contributed by atoms with Gasteiger partial charge in [0.2, 0.25) is 0 Å². The van der Waals surface area contributed by atoms with Gasteiger partial charge in [-0.3, -0.25) is 4.52 Å². The Labute approximate surface area is 115 Å². The lowest BCUT2D eigenvalue weighted by Crippen LogP contribution is -2.00. The molecule has 0 aliphatic carbocycles. The quantitative estimate of drug-likeness (QED) is 0.260. The van der Waals surface area contributed by atoms with Gasteiger partial charge in [-0.05, 0) is 19.4 Å². The van der Waals surface area contributed by atoms with Gasteiger partial charge < -0.3 is 25.3 Å². The van der Waals surface area contributed by atoms with E-state index in [0.29, 0.717) is 19.4 Å². The van der Waals surface area contributed by atoms with E-state index < -0.39 is 23.5 Å². The maximum absolute atomic E-state index is 11.2. The summed E-state index contributed by atoms with van der Waals surface area (Å²) in [6, 6.07) is 0. The monoisotopic (exact) mass is 357 g/mol. The topological polar surface area (TPSA) is 186 Å². The first kappa shape index (κ1) is 20.4. The second-order valence-corrected chi connectivity index (χ2v) is 8.05. The van der Waals surface area contributed by atoms with Crippen molar-refractivity contribution in [2.45, 2.75) is 25.7 Å². The SMILES string of the molecule is NCCCCCCOP(=O)(O)OP(=O)(O)OP(=O)(O)O. The summed E-state index contributed by atoms with van der Waals surface area (Å²) in [7, 11) is -15.7. The number of unbranched alkanes of at least 4 members (excludes halogenated alkanes) is 3. The largest absolute Gasteiger partial charge is 0.490 e. The third-order valence-electron chi connectivity index (χ3n) is 1.77. The van der Waals surface area contributed by atoms with Gasteiger partial charge in [0, 0.05) is 0 Å². The molecule has 0 radical (unpaired) electrons. The minimum absolute atomic E-state index is 0.242. The van der Waals surface area contributed by atoms with Crippen LogP contribution in [0.25, 0.3) is 0 Å². The van der Waals surface area contributed by atoms with E-state index in [4.69, 9.17) is 25.3 Å². The van der Waals surface area contributed by atoms with Crippen LogP contribution in [0, 0.1) is 0 Å². The zero-order chi connectivity index (χ0) is 15.9. The van der Waals surface area contributed by atoms with Crippen LogP contribution in [0.1, 0.15) is 25.7 Å². The molecular weight excluding hydrogens is 339 g/mol. The molecule has 0 saturated carbocycles. The molecule has 11 nitrogen and oxygen atoms in total. The molecule has 14 heteroatoms. The smallest absolute Gasteiger partial charge is 0.330 e. The Hall–Kier alpha value is 0.370. The molecule has 0 fully saturated rings. The summed E-state index contributed by atoms with van der Waals surface area (Å²) >= 11 is 0. The normalized spacial score (nSPS) is 18.4. The maximum atomic E-state index is 11.2. The third-order valence-corrected chi connectivity index (χ3v) is 5.60. The fourth-order valence-electron chi connectivity index (χ4n) is 1.08. The van der Waals surface area contributed by atoms with Gasteiger partial charge >= 0.3 is 23.5 Å². The molecule has 0 amide bonds. The molecule has 6 N–H and O–H groups in total. The van der Waals surface area contributed by atoms with E-state index in [1.807, 2.05) is 0 Å². The van der Waals surface area contributed by atoms with Crippen molar-refractivity contribution in [1.82, 2.24) is 0 Å². The Kier molecular flexibility index (Phi) is 8.89. The molecule has 0 aromatic rings. The molecule has 0 bridgehead atoms. The molecule has 0 aromatic carbocycles. The highest BCUT2D eigenvalue weighted by Gasteiger charge is 2.40. The number of phosphoric acid groups is 3. The average Bonchev–Trinajstić information content (AvgIpc) is 2.17. The second-order valence-electron chi connectivity index (χ2n) is 3.63. The maximum Gasteiger partial charge on any atom is 0.490 e. The van der Waals surface area contributed by atoms with Crippen LogP contribution >= 0.6 is 23.5 Å². The van der Waals surface area contributed by atoms with Crippen LogP contribution in [-0.2, 0) is 26.8 Å². The summed E-state index contributed by atoms with van der Waals surface area (Å²) in [5.74, 6) is 0. The van der Waals surface area contributed by atoms with Crippen molar-refractivity contribution in [1.29, 1.82) is 0 Å². The van der Waals surface area contributed by atoms with Crippen molar-refractivity contribution < 1.29 is 46.4 Å². The van der Waals surface area contributed by atoms with E-state index in [2.05, 4.69) is 13.1 Å². The molecule has 0 rings (SSSR count). The van der Waals surface area contributed by atoms with E-state index in [0.717, 1.165) is 12.8 Å². The van der Waals surface area contributed by atoms with Crippen LogP contribution < -0.4 is 5.73 Å². The summed E-state index contributed by atoms with van der Waals surface area (Å²) < 4.78 is 44.0. The molecule has 0 aliphatic heterocycles. The lowest BCUT2D eigenvalue weighted by Gasteiger charge is -2.15. The summed E-state index contributed by atoms with van der Waals surface area (Å²) in [4.78, 5) is 34.5. The fraction of sp³-hybridized carbons (Fsp3) is 1.00. The number of nitrogens with two attached hydrogens (primary N) is 1. The van der Waals surface area contributed by atoms with Gasteiger partial charge in [-0.2, -0.15) is 8.62 Å². The van der Waals surface area contributed by atoms with E-state index in [1.54, 1.807) is 0 Å². The summed E-state index contributed by atoms with van der Waals surface area (Å²) in [5.41, 5.74) is 5.26. The lowest BCUT2D eigenvalue weighted by atomic mass is 10.2. The minimum Gasteiger partial charge on any atom is -0.330 e. The van der Waals surface area contributed by atoms with E-state index in [9.17, 15) is 13.7 Å². The van der Waals surface area contributed by atoms with Crippen molar-refractivity contribution in [3.05, 3.63) is 0 Å². The summed E-state index contributed by atoms with van der Waals surface area (Å²) in [5, 5.41) is 0. The Morgan fingerprint density at radius 1 is 0.800 bits per heavy atom. The predicted molar refractivity (Wildman–Crippen MR) is 67.3 cm³/mol. The van der Waals surface area contributed by atoms with Gasteiger partial charge in [0.25, 0.3) is 0 Å². The first-order valence-corrected chi connectivity index (χ1v) is 9.98. The predicted octanol–water partition coefficient (Wildman–Crippen LogP) is 0.849. The highest BCUT2D eigenvalue weighted by atomic mass is 31.3. The van der Waals surface area contributed by atoms with Crippen molar-refractivity contribution in [3.8, 4) is 0 Å². The van der Waals surface area contributed by atoms with E-state index in [-0.39, 0.29) is 6.61 Å². The Bertz CT molecular complexity index is 421. The summed E-state index contributed by atoms with van der Waals surface area (Å²) in [6.07, 6.45) is 2.61. The van der Waals surface area contributed by atoms with Crippen LogP contribution in [-0.4, -0.2) is 32.7 Å². The van der Waals surface area contributed by atoms with Gasteiger partial charge in [-0.25, -0.2) is 13.7 Å². The van der Waals surface area contributed by atoms with Crippen LogP contribution in [0.4, 0.5) is 0 Å². The van der Waals surface area contributed by atoms with Crippen molar-refractivity contribution in [2.24, 2.45) is 5.73 Å².